The van der Waals surface area contributed by atoms with Crippen molar-refractivity contribution in [2.24, 2.45) is 12.0 Å². The normalized spacial score (nSPS) is 11.9. The number of guanidine groups is 1. The summed E-state index contributed by atoms with van der Waals surface area (Å²) in [6.07, 6.45) is 2.07. The van der Waals surface area contributed by atoms with Crippen molar-refractivity contribution in [3.63, 3.8) is 0 Å². The molecule has 3 aromatic rings. The van der Waals surface area contributed by atoms with E-state index >= 15 is 0 Å². The Bertz CT molecular complexity index is 926. The van der Waals surface area contributed by atoms with Gasteiger partial charge in [0, 0.05) is 51.1 Å². The zero-order valence-electron chi connectivity index (χ0n) is 17.2. The summed E-state index contributed by atoms with van der Waals surface area (Å²) in [7, 11) is 5.76. The molecule has 1 aromatic carbocycles. The molecule has 0 bridgehead atoms. The maximum atomic E-state index is 5.46. The van der Waals surface area contributed by atoms with E-state index in [1.54, 1.807) is 7.05 Å². The van der Waals surface area contributed by atoms with E-state index < -0.39 is 0 Å². The zero-order chi connectivity index (χ0) is 20.1. The van der Waals surface area contributed by atoms with E-state index in [-0.39, 0.29) is 0 Å². The molecule has 0 amide bonds. The molecule has 0 aliphatic heterocycles. The number of hydrogen-bond donors (Lipinski definition) is 1. The average molecular weight is 380 g/mol. The summed E-state index contributed by atoms with van der Waals surface area (Å²) < 4.78 is 7.33. The Morgan fingerprint density at radius 2 is 2.04 bits per heavy atom. The van der Waals surface area contributed by atoms with Gasteiger partial charge in [-0.15, -0.1) is 0 Å². The molecule has 0 aliphatic rings. The molecule has 28 heavy (non-hydrogen) atoms. The van der Waals surface area contributed by atoms with Gasteiger partial charge in [-0.25, -0.2) is 0 Å². The second kappa shape index (κ2) is 8.73. The van der Waals surface area contributed by atoms with Gasteiger partial charge in [0.05, 0.1) is 12.2 Å². The molecule has 148 valence electrons. The van der Waals surface area contributed by atoms with Gasteiger partial charge in [0.15, 0.2) is 11.7 Å². The lowest BCUT2D eigenvalue weighted by Crippen LogP contribution is -2.38. The third kappa shape index (κ3) is 4.60. The molecule has 0 atom stereocenters. The Morgan fingerprint density at radius 3 is 2.71 bits per heavy atom. The van der Waals surface area contributed by atoms with Crippen LogP contribution in [0.1, 0.15) is 36.7 Å². The summed E-state index contributed by atoms with van der Waals surface area (Å²) in [4.78, 5) is 6.48. The van der Waals surface area contributed by atoms with E-state index in [9.17, 15) is 0 Å². The van der Waals surface area contributed by atoms with Gasteiger partial charge < -0.3 is 14.7 Å². The highest BCUT2D eigenvalue weighted by molar-refractivity contribution is 5.79. The van der Waals surface area contributed by atoms with Gasteiger partial charge in [-0.1, -0.05) is 49.3 Å². The molecular formula is C21H28N6O. The molecule has 7 nitrogen and oxygen atoms in total. The first-order valence-corrected chi connectivity index (χ1v) is 9.43. The molecule has 2 aromatic heterocycles. The Kier molecular flexibility index (Phi) is 6.13. The molecule has 0 fully saturated rings. The molecule has 3 rings (SSSR count). The fourth-order valence-corrected chi connectivity index (χ4v) is 3.18. The van der Waals surface area contributed by atoms with Gasteiger partial charge in [0.2, 0.25) is 0 Å². The van der Waals surface area contributed by atoms with E-state index in [0.29, 0.717) is 12.5 Å². The van der Waals surface area contributed by atoms with Crippen molar-refractivity contribution in [2.75, 3.05) is 14.1 Å². The number of aliphatic imine (C=N–C) groups is 1. The first kappa shape index (κ1) is 19.7. The van der Waals surface area contributed by atoms with E-state index in [4.69, 9.17) is 4.52 Å². The highest BCUT2D eigenvalue weighted by Crippen LogP contribution is 2.20. The lowest BCUT2D eigenvalue weighted by Gasteiger charge is -2.22. The van der Waals surface area contributed by atoms with Crippen LogP contribution in [-0.4, -0.2) is 39.9 Å². The number of aryl methyl sites for hydroxylation is 1. The van der Waals surface area contributed by atoms with Gasteiger partial charge in [0.1, 0.15) is 5.69 Å². The standard InChI is InChI=1S/C21H28N6O/c1-15(2)20-17(14-27(5)24-20)13-26(4)21(22-3)23-12-18-11-19(28-25-18)16-9-7-6-8-10-16/h6-11,14-15H,12-13H2,1-5H3,(H,22,23). The van der Waals surface area contributed by atoms with Crippen molar-refractivity contribution in [1.29, 1.82) is 0 Å². The quantitative estimate of drug-likeness (QED) is 0.524. The first-order valence-electron chi connectivity index (χ1n) is 9.43. The van der Waals surface area contributed by atoms with Crippen LogP contribution in [0, 0.1) is 0 Å². The summed E-state index contributed by atoms with van der Waals surface area (Å²) in [5, 5.41) is 12.1. The largest absolute Gasteiger partial charge is 0.356 e. The van der Waals surface area contributed by atoms with Gasteiger partial charge in [0.25, 0.3) is 0 Å². The SMILES string of the molecule is CN=C(NCc1cc(-c2ccccc2)on1)N(C)Cc1cn(C)nc1C(C)C. The van der Waals surface area contributed by atoms with E-state index in [1.165, 1.54) is 5.56 Å². The number of rotatable bonds is 6. The Balaban J connectivity index is 1.63. The molecule has 0 aliphatic carbocycles. The predicted molar refractivity (Wildman–Crippen MR) is 111 cm³/mol. The van der Waals surface area contributed by atoms with Crippen LogP contribution in [0.4, 0.5) is 0 Å². The van der Waals surface area contributed by atoms with Crippen molar-refractivity contribution in [1.82, 2.24) is 25.2 Å². The van der Waals surface area contributed by atoms with Gasteiger partial charge in [-0.3, -0.25) is 9.67 Å². The van der Waals surface area contributed by atoms with Gasteiger partial charge in [-0.2, -0.15) is 5.10 Å². The monoisotopic (exact) mass is 380 g/mol. The van der Waals surface area contributed by atoms with E-state index in [0.717, 1.165) is 35.2 Å². The highest BCUT2D eigenvalue weighted by Gasteiger charge is 2.15. The summed E-state index contributed by atoms with van der Waals surface area (Å²) >= 11 is 0. The minimum Gasteiger partial charge on any atom is -0.356 e. The zero-order valence-corrected chi connectivity index (χ0v) is 17.2. The fraction of sp³-hybridized carbons (Fsp3) is 0.381. The fourth-order valence-electron chi connectivity index (χ4n) is 3.18. The van der Waals surface area contributed by atoms with Crippen LogP contribution in [0.5, 0.6) is 0 Å². The molecule has 1 N–H and O–H groups in total. The Hall–Kier alpha value is -3.09. The third-order valence-electron chi connectivity index (χ3n) is 4.51. The molecule has 0 radical (unpaired) electrons. The molecule has 2 heterocycles. The maximum Gasteiger partial charge on any atom is 0.194 e. The molecule has 7 heteroatoms. The van der Waals surface area contributed by atoms with Crippen LogP contribution < -0.4 is 5.32 Å². The Morgan fingerprint density at radius 1 is 1.29 bits per heavy atom. The summed E-state index contributed by atoms with van der Waals surface area (Å²) in [6.45, 7) is 5.59. The summed E-state index contributed by atoms with van der Waals surface area (Å²) in [5.74, 6) is 1.94. The summed E-state index contributed by atoms with van der Waals surface area (Å²) in [5.41, 5.74) is 4.17. The van der Waals surface area contributed by atoms with Crippen LogP contribution in [0.25, 0.3) is 11.3 Å². The Labute approximate surface area is 166 Å². The van der Waals surface area contributed by atoms with Crippen molar-refractivity contribution in [2.45, 2.75) is 32.9 Å². The molecular weight excluding hydrogens is 352 g/mol. The van der Waals surface area contributed by atoms with Crippen LogP contribution in [0.15, 0.2) is 52.1 Å². The number of hydrogen-bond acceptors (Lipinski definition) is 4. The highest BCUT2D eigenvalue weighted by atomic mass is 16.5. The van der Waals surface area contributed by atoms with Gasteiger partial charge in [-0.05, 0) is 5.92 Å². The molecule has 0 saturated heterocycles. The molecule has 0 unspecified atom stereocenters. The number of nitrogens with zero attached hydrogens (tertiary/aromatic N) is 5. The first-order chi connectivity index (χ1) is 13.5. The number of nitrogens with one attached hydrogen (secondary N) is 1. The average Bonchev–Trinajstić information content (AvgIpc) is 3.29. The number of aromatic nitrogens is 3. The van der Waals surface area contributed by atoms with E-state index in [2.05, 4.69) is 45.5 Å². The predicted octanol–water partition coefficient (Wildman–Crippen LogP) is 3.41. The minimum absolute atomic E-state index is 0.381. The molecule has 0 saturated carbocycles. The van der Waals surface area contributed by atoms with Crippen LogP contribution in [0.3, 0.4) is 0 Å². The molecule has 0 spiro atoms. The van der Waals surface area contributed by atoms with Gasteiger partial charge >= 0.3 is 0 Å². The second-order valence-electron chi connectivity index (χ2n) is 7.17. The third-order valence-corrected chi connectivity index (χ3v) is 4.51. The maximum absolute atomic E-state index is 5.46. The smallest absolute Gasteiger partial charge is 0.194 e. The lowest BCUT2D eigenvalue weighted by molar-refractivity contribution is 0.420. The van der Waals surface area contributed by atoms with E-state index in [1.807, 2.05) is 55.2 Å². The van der Waals surface area contributed by atoms with Crippen LogP contribution in [-0.2, 0) is 20.1 Å². The van der Waals surface area contributed by atoms with Crippen molar-refractivity contribution in [3.8, 4) is 11.3 Å². The minimum atomic E-state index is 0.381. The van der Waals surface area contributed by atoms with Crippen molar-refractivity contribution in [3.05, 3.63) is 59.5 Å². The topological polar surface area (TPSA) is 71.5 Å². The van der Waals surface area contributed by atoms with Crippen LogP contribution in [0.2, 0.25) is 0 Å². The van der Waals surface area contributed by atoms with Crippen molar-refractivity contribution >= 4 is 5.96 Å². The number of benzene rings is 1. The summed E-state index contributed by atoms with van der Waals surface area (Å²) in [6, 6.07) is 11.9. The van der Waals surface area contributed by atoms with Crippen LogP contribution >= 0.6 is 0 Å². The second-order valence-corrected chi connectivity index (χ2v) is 7.17. The van der Waals surface area contributed by atoms with Crippen molar-refractivity contribution < 1.29 is 4.52 Å². The lowest BCUT2D eigenvalue weighted by atomic mass is 10.1.